The molecule has 1 aliphatic heterocycles. The molecule has 1 aromatic carbocycles. The summed E-state index contributed by atoms with van der Waals surface area (Å²) < 4.78 is 57.9. The van der Waals surface area contributed by atoms with Crippen LogP contribution in [0.5, 0.6) is 0 Å². The minimum atomic E-state index is -4.81. The number of benzene rings is 1. The zero-order valence-electron chi connectivity index (χ0n) is 25.4. The van der Waals surface area contributed by atoms with Gasteiger partial charge in [0.05, 0.1) is 11.9 Å². The van der Waals surface area contributed by atoms with Crippen LogP contribution in [0.4, 0.5) is 29.1 Å². The van der Waals surface area contributed by atoms with Crippen LogP contribution >= 0.6 is 11.8 Å². The van der Waals surface area contributed by atoms with Crippen molar-refractivity contribution in [1.29, 1.82) is 0 Å². The van der Waals surface area contributed by atoms with E-state index in [2.05, 4.69) is 29.1 Å². The highest BCUT2D eigenvalue weighted by Crippen LogP contribution is 2.39. The standard InChI is InChI=1S/C21H24F3N5O3S.C7H7F.C3H8/c1-13(30)28-8-10-29(11-9-28)16-7-6-14(12-25-16)26-19(31)17-18(21(22,23)24)27-20(32-17)33-15-4-2-3-5-15;1-6-4-2-3-5-7(6)8;1-3-2/h6-7,12,15H,2-5,8-11H2,1H3,(H,26,31);2-5H,1H3;3H2,1-2H3. The SMILES string of the molecule is CC(=O)N1CCN(c2ccc(NC(=O)c3oc(SC4CCCC4)nc3C(F)(F)F)cn2)CC1.CCC.Cc1ccccc1F. The first-order valence-electron chi connectivity index (χ1n) is 14.7. The van der Waals surface area contributed by atoms with Crippen molar-refractivity contribution < 1.29 is 31.6 Å². The van der Waals surface area contributed by atoms with E-state index in [1.54, 1.807) is 36.1 Å². The molecule has 3 aromatic rings. The third-order valence-electron chi connectivity index (χ3n) is 6.78. The number of hydrogen-bond donors (Lipinski definition) is 1. The van der Waals surface area contributed by atoms with E-state index in [1.165, 1.54) is 25.6 Å². The normalized spacial score (nSPS) is 15.2. The fourth-order valence-corrected chi connectivity index (χ4v) is 5.61. The van der Waals surface area contributed by atoms with Crippen LogP contribution in [-0.4, -0.2) is 58.1 Å². The van der Waals surface area contributed by atoms with Crippen LogP contribution in [0.15, 0.2) is 52.2 Å². The maximum atomic E-state index is 13.5. The molecule has 1 aliphatic carbocycles. The van der Waals surface area contributed by atoms with E-state index < -0.39 is 23.5 Å². The summed E-state index contributed by atoms with van der Waals surface area (Å²) in [5, 5.41) is 2.42. The number of oxazole rings is 1. The van der Waals surface area contributed by atoms with Gasteiger partial charge in [-0.1, -0.05) is 63.1 Å². The number of piperazine rings is 1. The number of halogens is 4. The number of nitrogens with one attached hydrogen (secondary N) is 1. The van der Waals surface area contributed by atoms with E-state index in [4.69, 9.17) is 4.42 Å². The molecular formula is C31H39F4N5O3S. The molecule has 0 bridgehead atoms. The first kappa shape index (κ1) is 34.9. The smallest absolute Gasteiger partial charge is 0.425 e. The molecule has 1 saturated carbocycles. The lowest BCUT2D eigenvalue weighted by molar-refractivity contribution is -0.141. The Hall–Kier alpha value is -3.61. The Kier molecular flexibility index (Phi) is 13.0. The van der Waals surface area contributed by atoms with Crippen molar-refractivity contribution in [2.75, 3.05) is 36.4 Å². The molecular weight excluding hydrogens is 598 g/mol. The summed E-state index contributed by atoms with van der Waals surface area (Å²) in [6, 6.07) is 9.94. The Morgan fingerprint density at radius 2 is 1.68 bits per heavy atom. The summed E-state index contributed by atoms with van der Waals surface area (Å²) in [7, 11) is 0. The summed E-state index contributed by atoms with van der Waals surface area (Å²) in [6.45, 7) is 9.93. The number of anilines is 2. The van der Waals surface area contributed by atoms with Crippen LogP contribution in [0.1, 0.15) is 74.7 Å². The fourth-order valence-electron chi connectivity index (χ4n) is 4.48. The fraction of sp³-hybridized carbons (Fsp3) is 0.484. The van der Waals surface area contributed by atoms with Crippen molar-refractivity contribution >= 4 is 35.1 Å². The largest absolute Gasteiger partial charge is 0.437 e. The van der Waals surface area contributed by atoms with Crippen LogP contribution in [0.3, 0.4) is 0 Å². The summed E-state index contributed by atoms with van der Waals surface area (Å²) in [4.78, 5) is 35.6. The van der Waals surface area contributed by atoms with E-state index in [-0.39, 0.29) is 27.9 Å². The molecule has 44 heavy (non-hydrogen) atoms. The molecule has 1 N–H and O–H groups in total. The second-order valence-electron chi connectivity index (χ2n) is 10.5. The Balaban J connectivity index is 0.000000408. The number of nitrogens with zero attached hydrogens (tertiary/aromatic N) is 4. The van der Waals surface area contributed by atoms with Crippen LogP contribution in [0.25, 0.3) is 0 Å². The van der Waals surface area contributed by atoms with E-state index >= 15 is 0 Å². The minimum absolute atomic E-state index is 0.0242. The van der Waals surface area contributed by atoms with Crippen LogP contribution in [-0.2, 0) is 11.0 Å². The molecule has 1 saturated heterocycles. The summed E-state index contributed by atoms with van der Waals surface area (Å²) in [6.07, 6.45) is 1.63. The van der Waals surface area contributed by atoms with Crippen molar-refractivity contribution in [3.63, 3.8) is 0 Å². The molecule has 2 amide bonds. The highest BCUT2D eigenvalue weighted by molar-refractivity contribution is 7.99. The maximum absolute atomic E-state index is 13.5. The highest BCUT2D eigenvalue weighted by Gasteiger charge is 2.41. The molecule has 240 valence electrons. The van der Waals surface area contributed by atoms with Crippen molar-refractivity contribution in [2.45, 2.75) is 76.4 Å². The Morgan fingerprint density at radius 1 is 1.05 bits per heavy atom. The summed E-state index contributed by atoms with van der Waals surface area (Å²) in [5.74, 6) is -1.34. The zero-order chi connectivity index (χ0) is 32.3. The molecule has 2 aliphatic rings. The van der Waals surface area contributed by atoms with Gasteiger partial charge in [-0.3, -0.25) is 9.59 Å². The topological polar surface area (TPSA) is 91.6 Å². The average molecular weight is 638 g/mol. The molecule has 2 aromatic heterocycles. The van der Waals surface area contributed by atoms with Gasteiger partial charge in [0.15, 0.2) is 5.69 Å². The number of alkyl halides is 3. The van der Waals surface area contributed by atoms with Gasteiger partial charge in [-0.25, -0.2) is 9.37 Å². The van der Waals surface area contributed by atoms with Gasteiger partial charge < -0.3 is 19.5 Å². The second kappa shape index (κ2) is 16.5. The van der Waals surface area contributed by atoms with E-state index in [0.29, 0.717) is 37.6 Å². The highest BCUT2D eigenvalue weighted by atomic mass is 32.2. The van der Waals surface area contributed by atoms with Crippen LogP contribution in [0, 0.1) is 12.7 Å². The van der Waals surface area contributed by atoms with Crippen LogP contribution < -0.4 is 10.2 Å². The number of thioether (sulfide) groups is 1. The molecule has 2 fully saturated rings. The number of rotatable bonds is 5. The van der Waals surface area contributed by atoms with Crippen molar-refractivity contribution in [3.8, 4) is 0 Å². The third kappa shape index (κ3) is 10.2. The van der Waals surface area contributed by atoms with Crippen molar-refractivity contribution in [3.05, 3.63) is 65.4 Å². The van der Waals surface area contributed by atoms with Crippen LogP contribution in [0.2, 0.25) is 0 Å². The van der Waals surface area contributed by atoms with E-state index in [0.717, 1.165) is 37.4 Å². The summed E-state index contributed by atoms with van der Waals surface area (Å²) >= 11 is 1.15. The zero-order valence-corrected chi connectivity index (χ0v) is 26.2. The second-order valence-corrected chi connectivity index (χ2v) is 11.7. The van der Waals surface area contributed by atoms with Gasteiger partial charge in [0, 0.05) is 38.4 Å². The van der Waals surface area contributed by atoms with Gasteiger partial charge in [-0.15, -0.1) is 0 Å². The van der Waals surface area contributed by atoms with Gasteiger partial charge >= 0.3 is 6.18 Å². The third-order valence-corrected chi connectivity index (χ3v) is 7.96. The maximum Gasteiger partial charge on any atom is 0.437 e. The van der Waals surface area contributed by atoms with Gasteiger partial charge in [0.25, 0.3) is 11.1 Å². The number of amides is 2. The lowest BCUT2D eigenvalue weighted by atomic mass is 10.2. The monoisotopic (exact) mass is 637 g/mol. The number of hydrogen-bond acceptors (Lipinski definition) is 7. The van der Waals surface area contributed by atoms with Crippen molar-refractivity contribution in [1.82, 2.24) is 14.9 Å². The minimum Gasteiger partial charge on any atom is -0.425 e. The van der Waals surface area contributed by atoms with Gasteiger partial charge in [-0.2, -0.15) is 18.2 Å². The molecule has 13 heteroatoms. The predicted molar refractivity (Wildman–Crippen MR) is 163 cm³/mol. The molecule has 0 atom stereocenters. The molecule has 5 rings (SSSR count). The van der Waals surface area contributed by atoms with Crippen molar-refractivity contribution in [2.24, 2.45) is 0 Å². The lowest BCUT2D eigenvalue weighted by Gasteiger charge is -2.34. The number of carbonyl (C=O) groups is 2. The number of aryl methyl sites for hydroxylation is 1. The Bertz CT molecular complexity index is 1330. The number of pyridine rings is 1. The quantitative estimate of drug-likeness (QED) is 0.288. The lowest BCUT2D eigenvalue weighted by Crippen LogP contribution is -2.48. The molecule has 0 unspecified atom stereocenters. The number of carbonyl (C=O) groups excluding carboxylic acids is 2. The summed E-state index contributed by atoms with van der Waals surface area (Å²) in [5.41, 5.74) is -0.387. The molecule has 0 spiro atoms. The molecule has 8 nitrogen and oxygen atoms in total. The van der Waals surface area contributed by atoms with Gasteiger partial charge in [-0.05, 0) is 43.5 Å². The predicted octanol–water partition coefficient (Wildman–Crippen LogP) is 7.59. The van der Waals surface area contributed by atoms with E-state index in [1.807, 2.05) is 11.0 Å². The van der Waals surface area contributed by atoms with Gasteiger partial charge in [0.1, 0.15) is 11.6 Å². The van der Waals surface area contributed by atoms with Gasteiger partial charge in [0.2, 0.25) is 11.7 Å². The Labute approximate surface area is 259 Å². The Morgan fingerprint density at radius 3 is 2.18 bits per heavy atom. The first-order chi connectivity index (χ1) is 20.9. The number of aromatic nitrogens is 2. The average Bonchev–Trinajstić information content (AvgIpc) is 3.67. The first-order valence-corrected chi connectivity index (χ1v) is 15.5. The molecule has 3 heterocycles. The van der Waals surface area contributed by atoms with E-state index in [9.17, 15) is 27.2 Å². The molecule has 0 radical (unpaired) electrons.